The first-order chi connectivity index (χ1) is 10.2. The highest BCUT2D eigenvalue weighted by Gasteiger charge is 2.25. The molecule has 1 heterocycles. The molecule has 1 aromatic rings. The molecular weight excluding hydrogens is 431 g/mol. The Morgan fingerprint density at radius 1 is 1.55 bits per heavy atom. The molecule has 1 aliphatic rings. The van der Waals surface area contributed by atoms with E-state index in [1.165, 1.54) is 0 Å². The predicted octanol–water partition coefficient (Wildman–Crippen LogP) is 2.51. The van der Waals surface area contributed by atoms with Crippen molar-refractivity contribution < 1.29 is 4.21 Å². The van der Waals surface area contributed by atoms with E-state index >= 15 is 0 Å². The zero-order valence-corrected chi connectivity index (χ0v) is 17.0. The highest BCUT2D eigenvalue weighted by molar-refractivity contribution is 14.0. The van der Waals surface area contributed by atoms with Crippen LogP contribution in [0, 0.1) is 0 Å². The summed E-state index contributed by atoms with van der Waals surface area (Å²) in [5.74, 6) is 1.56. The molecule has 22 heavy (non-hydrogen) atoms. The van der Waals surface area contributed by atoms with Gasteiger partial charge in [0.1, 0.15) is 5.01 Å². The second-order valence-electron chi connectivity index (χ2n) is 5.15. The van der Waals surface area contributed by atoms with Crippen LogP contribution < -0.4 is 10.6 Å². The van der Waals surface area contributed by atoms with Gasteiger partial charge in [0, 0.05) is 46.5 Å². The van der Waals surface area contributed by atoms with Crippen molar-refractivity contribution in [2.45, 2.75) is 50.4 Å². The van der Waals surface area contributed by atoms with E-state index in [0.717, 1.165) is 42.4 Å². The summed E-state index contributed by atoms with van der Waals surface area (Å²) in [6.45, 7) is 2.69. The number of aliphatic imine (C=N–C) groups is 1. The largest absolute Gasteiger partial charge is 0.354 e. The first-order valence-electron chi connectivity index (χ1n) is 7.45. The lowest BCUT2D eigenvalue weighted by Crippen LogP contribution is -2.46. The maximum Gasteiger partial charge on any atom is 0.191 e. The molecule has 0 amide bonds. The Bertz CT molecular complexity index is 481. The number of halogens is 1. The van der Waals surface area contributed by atoms with E-state index in [9.17, 15) is 4.21 Å². The molecule has 3 unspecified atom stereocenters. The molecule has 0 aliphatic heterocycles. The summed E-state index contributed by atoms with van der Waals surface area (Å²) >= 11 is 1.63. The minimum Gasteiger partial charge on any atom is -0.354 e. The number of hydrogen-bond donors (Lipinski definition) is 2. The van der Waals surface area contributed by atoms with Crippen LogP contribution in [0.5, 0.6) is 0 Å². The van der Waals surface area contributed by atoms with Crippen LogP contribution in [0.2, 0.25) is 0 Å². The van der Waals surface area contributed by atoms with Crippen LogP contribution >= 0.6 is 35.3 Å². The molecular formula is C14H25IN4OS2. The summed E-state index contributed by atoms with van der Waals surface area (Å²) in [5, 5.41) is 10.1. The summed E-state index contributed by atoms with van der Waals surface area (Å²) in [6, 6.07) is 0.363. The summed E-state index contributed by atoms with van der Waals surface area (Å²) in [5.41, 5.74) is 0. The van der Waals surface area contributed by atoms with Crippen molar-refractivity contribution in [1.82, 2.24) is 15.6 Å². The molecule has 1 saturated carbocycles. The Balaban J connectivity index is 0.00000242. The van der Waals surface area contributed by atoms with Gasteiger partial charge in [0.05, 0.1) is 6.54 Å². The second-order valence-corrected chi connectivity index (χ2v) is 8.14. The van der Waals surface area contributed by atoms with Crippen molar-refractivity contribution in [3.05, 3.63) is 16.6 Å². The van der Waals surface area contributed by atoms with Crippen LogP contribution in [0.1, 0.15) is 37.6 Å². The molecule has 8 heteroatoms. The molecule has 0 radical (unpaired) electrons. The quantitative estimate of drug-likeness (QED) is 0.406. The van der Waals surface area contributed by atoms with Gasteiger partial charge >= 0.3 is 0 Å². The van der Waals surface area contributed by atoms with Gasteiger partial charge in [-0.25, -0.2) is 4.98 Å². The predicted molar refractivity (Wildman–Crippen MR) is 106 cm³/mol. The number of thiazole rings is 1. The average molecular weight is 456 g/mol. The van der Waals surface area contributed by atoms with Crippen molar-refractivity contribution in [1.29, 1.82) is 0 Å². The van der Waals surface area contributed by atoms with Gasteiger partial charge in [0.2, 0.25) is 0 Å². The molecule has 0 saturated heterocycles. The third-order valence-corrected chi connectivity index (χ3v) is 6.26. The Labute approximate surface area is 156 Å². The Morgan fingerprint density at radius 2 is 2.36 bits per heavy atom. The number of hydrogen-bond acceptors (Lipinski definition) is 4. The van der Waals surface area contributed by atoms with Crippen LogP contribution in [-0.4, -0.2) is 39.2 Å². The number of rotatable bonds is 5. The molecule has 5 nitrogen and oxygen atoms in total. The fraction of sp³-hybridized carbons (Fsp3) is 0.714. The van der Waals surface area contributed by atoms with E-state index in [4.69, 9.17) is 0 Å². The van der Waals surface area contributed by atoms with E-state index in [0.29, 0.717) is 17.8 Å². The first kappa shape index (κ1) is 19.8. The Hall–Kier alpha value is -0.220. The fourth-order valence-corrected chi connectivity index (χ4v) is 4.54. The van der Waals surface area contributed by atoms with Gasteiger partial charge in [-0.15, -0.1) is 35.3 Å². The highest BCUT2D eigenvalue weighted by atomic mass is 127. The molecule has 1 aliphatic carbocycles. The van der Waals surface area contributed by atoms with Crippen LogP contribution in [-0.2, 0) is 17.3 Å². The maximum absolute atomic E-state index is 12.0. The lowest BCUT2D eigenvalue weighted by molar-refractivity contribution is 0.413. The fourth-order valence-electron chi connectivity index (χ4n) is 2.64. The van der Waals surface area contributed by atoms with Gasteiger partial charge in [-0.2, -0.15) is 0 Å². The van der Waals surface area contributed by atoms with Gasteiger partial charge in [0.15, 0.2) is 5.96 Å². The standard InChI is InChI=1S/C14H24N4OS2.HI/c1-3-21(19)12-6-4-5-11(9-12)18-14(15-2)17-10-13-16-7-8-20-13;/h7-8,11-12H,3-6,9-10H2,1-2H3,(H2,15,17,18);1H. The Kier molecular flexibility index (Phi) is 9.49. The van der Waals surface area contributed by atoms with Gasteiger partial charge in [-0.1, -0.05) is 13.3 Å². The number of aromatic nitrogens is 1. The van der Waals surface area contributed by atoms with E-state index in [2.05, 4.69) is 20.6 Å². The number of nitrogens with zero attached hydrogens (tertiary/aromatic N) is 2. The van der Waals surface area contributed by atoms with Gasteiger partial charge < -0.3 is 10.6 Å². The molecule has 0 spiro atoms. The van der Waals surface area contributed by atoms with Crippen LogP contribution in [0.25, 0.3) is 0 Å². The summed E-state index contributed by atoms with van der Waals surface area (Å²) in [4.78, 5) is 8.52. The van der Waals surface area contributed by atoms with Crippen molar-refractivity contribution >= 4 is 52.1 Å². The lowest BCUT2D eigenvalue weighted by Gasteiger charge is -2.30. The molecule has 1 fully saturated rings. The zero-order valence-electron chi connectivity index (χ0n) is 13.1. The summed E-state index contributed by atoms with van der Waals surface area (Å²) in [6.07, 6.45) is 6.12. The van der Waals surface area contributed by atoms with Crippen LogP contribution in [0.15, 0.2) is 16.6 Å². The van der Waals surface area contributed by atoms with Gasteiger partial charge in [-0.05, 0) is 19.3 Å². The molecule has 2 N–H and O–H groups in total. The third-order valence-electron chi connectivity index (χ3n) is 3.74. The maximum atomic E-state index is 12.0. The topological polar surface area (TPSA) is 66.4 Å². The van der Waals surface area contributed by atoms with Crippen molar-refractivity contribution in [2.75, 3.05) is 12.8 Å². The minimum atomic E-state index is -0.688. The van der Waals surface area contributed by atoms with E-state index in [-0.39, 0.29) is 24.0 Å². The molecule has 0 bridgehead atoms. The van der Waals surface area contributed by atoms with E-state index < -0.39 is 10.8 Å². The second kappa shape index (κ2) is 10.5. The molecule has 0 aromatic carbocycles. The summed E-state index contributed by atoms with van der Waals surface area (Å²) < 4.78 is 12.0. The zero-order chi connectivity index (χ0) is 15.1. The molecule has 2 rings (SSSR count). The Morgan fingerprint density at radius 3 is 3.00 bits per heavy atom. The van der Waals surface area contributed by atoms with E-state index in [1.807, 2.05) is 18.5 Å². The van der Waals surface area contributed by atoms with Crippen LogP contribution in [0.4, 0.5) is 0 Å². The normalized spacial score (nSPS) is 23.5. The average Bonchev–Trinajstić information content (AvgIpc) is 3.04. The number of nitrogens with one attached hydrogen (secondary N) is 2. The van der Waals surface area contributed by atoms with Gasteiger partial charge in [0.25, 0.3) is 0 Å². The highest BCUT2D eigenvalue weighted by Crippen LogP contribution is 2.22. The minimum absolute atomic E-state index is 0. The monoisotopic (exact) mass is 456 g/mol. The molecule has 126 valence electrons. The van der Waals surface area contributed by atoms with Crippen molar-refractivity contribution in [3.8, 4) is 0 Å². The summed E-state index contributed by atoms with van der Waals surface area (Å²) in [7, 11) is 1.09. The van der Waals surface area contributed by atoms with Crippen molar-refractivity contribution in [2.24, 2.45) is 4.99 Å². The van der Waals surface area contributed by atoms with Crippen LogP contribution in [0.3, 0.4) is 0 Å². The first-order valence-corrected chi connectivity index (χ1v) is 9.71. The molecule has 1 aromatic heterocycles. The van der Waals surface area contributed by atoms with Gasteiger partial charge in [-0.3, -0.25) is 9.20 Å². The molecule has 3 atom stereocenters. The van der Waals surface area contributed by atoms with E-state index in [1.54, 1.807) is 18.4 Å². The smallest absolute Gasteiger partial charge is 0.191 e. The third kappa shape index (κ3) is 6.11. The lowest BCUT2D eigenvalue weighted by atomic mass is 9.95. The SMILES string of the molecule is CCS(=O)C1CCCC(NC(=NC)NCc2nccs2)C1.I. The van der Waals surface area contributed by atoms with Crippen molar-refractivity contribution in [3.63, 3.8) is 0 Å². The number of guanidine groups is 1.